The lowest BCUT2D eigenvalue weighted by Crippen LogP contribution is -2.24. The molecule has 0 saturated carbocycles. The van der Waals surface area contributed by atoms with Crippen molar-refractivity contribution in [3.63, 3.8) is 0 Å². The second kappa shape index (κ2) is 6.60. The molecule has 0 radical (unpaired) electrons. The summed E-state index contributed by atoms with van der Waals surface area (Å²) < 4.78 is 10.1. The highest BCUT2D eigenvalue weighted by molar-refractivity contribution is 6.00. The van der Waals surface area contributed by atoms with Crippen molar-refractivity contribution in [3.8, 4) is 11.6 Å². The van der Waals surface area contributed by atoms with Crippen LogP contribution in [0.1, 0.15) is 15.9 Å². The number of anilines is 1. The number of nitrogens with two attached hydrogens (primary N) is 1. The molecule has 1 amide bonds. The van der Waals surface area contributed by atoms with E-state index in [9.17, 15) is 4.79 Å². The molecule has 0 unspecified atom stereocenters. The summed E-state index contributed by atoms with van der Waals surface area (Å²) in [5.74, 6) is 0.748. The summed E-state index contributed by atoms with van der Waals surface area (Å²) in [5.41, 5.74) is 7.46. The number of carbonyl (C=O) groups is 1. The number of aromatic nitrogens is 1. The van der Waals surface area contributed by atoms with Gasteiger partial charge in [0.25, 0.3) is 5.91 Å². The normalized spacial score (nSPS) is 10.0. The number of ether oxygens (including phenoxy) is 2. The van der Waals surface area contributed by atoms with Crippen molar-refractivity contribution in [1.29, 1.82) is 0 Å². The van der Waals surface area contributed by atoms with E-state index in [0.29, 0.717) is 29.4 Å². The molecule has 0 aliphatic rings. The van der Waals surface area contributed by atoms with E-state index in [1.807, 2.05) is 6.07 Å². The fourth-order valence-corrected chi connectivity index (χ4v) is 1.83. The van der Waals surface area contributed by atoms with Crippen LogP contribution in [0.25, 0.3) is 0 Å². The Labute approximate surface area is 122 Å². The third-order valence-electron chi connectivity index (χ3n) is 2.99. The number of nitrogens with one attached hydrogen (secondary N) is 1. The van der Waals surface area contributed by atoms with Crippen LogP contribution < -0.4 is 20.5 Å². The van der Waals surface area contributed by atoms with Crippen LogP contribution in [0, 0.1) is 0 Å². The lowest BCUT2D eigenvalue weighted by atomic mass is 10.1. The third kappa shape index (κ3) is 3.42. The molecule has 0 bridgehead atoms. The van der Waals surface area contributed by atoms with Gasteiger partial charge in [-0.2, -0.15) is 0 Å². The van der Waals surface area contributed by atoms with Crippen molar-refractivity contribution in [2.24, 2.45) is 0 Å². The van der Waals surface area contributed by atoms with Gasteiger partial charge in [-0.05, 0) is 17.7 Å². The average Bonchev–Trinajstić information content (AvgIpc) is 2.53. The summed E-state index contributed by atoms with van der Waals surface area (Å²) in [7, 11) is 3.06. The predicted molar refractivity (Wildman–Crippen MR) is 79.4 cm³/mol. The Balaban J connectivity index is 2.04. The number of pyridine rings is 1. The van der Waals surface area contributed by atoms with E-state index in [-0.39, 0.29) is 5.91 Å². The van der Waals surface area contributed by atoms with Crippen LogP contribution >= 0.6 is 0 Å². The molecular weight excluding hydrogens is 270 g/mol. The zero-order chi connectivity index (χ0) is 15.2. The molecule has 21 heavy (non-hydrogen) atoms. The summed E-state index contributed by atoms with van der Waals surface area (Å²) in [6, 6.07) is 8.65. The maximum atomic E-state index is 12.1. The van der Waals surface area contributed by atoms with Gasteiger partial charge < -0.3 is 20.5 Å². The van der Waals surface area contributed by atoms with E-state index in [4.69, 9.17) is 15.2 Å². The second-order valence-corrected chi connectivity index (χ2v) is 4.31. The number of nitrogen functional groups attached to an aromatic ring is 1. The van der Waals surface area contributed by atoms with Crippen LogP contribution in [0.3, 0.4) is 0 Å². The molecule has 2 aromatic rings. The monoisotopic (exact) mass is 287 g/mol. The topological polar surface area (TPSA) is 86.5 Å². The molecule has 6 heteroatoms. The van der Waals surface area contributed by atoms with E-state index >= 15 is 0 Å². The second-order valence-electron chi connectivity index (χ2n) is 4.31. The first-order valence-corrected chi connectivity index (χ1v) is 6.35. The van der Waals surface area contributed by atoms with Crippen LogP contribution in [0.15, 0.2) is 36.5 Å². The Kier molecular flexibility index (Phi) is 4.61. The Hall–Kier alpha value is -2.76. The number of hydrogen-bond donors (Lipinski definition) is 2. The number of nitrogens with zero attached hydrogens (tertiary/aromatic N) is 1. The number of hydrogen-bond acceptors (Lipinski definition) is 5. The van der Waals surface area contributed by atoms with Crippen LogP contribution in [0.4, 0.5) is 5.69 Å². The first kappa shape index (κ1) is 14.6. The van der Waals surface area contributed by atoms with Gasteiger partial charge in [-0.15, -0.1) is 0 Å². The van der Waals surface area contributed by atoms with E-state index < -0.39 is 0 Å². The highest BCUT2D eigenvalue weighted by Crippen LogP contribution is 2.24. The van der Waals surface area contributed by atoms with Gasteiger partial charge in [0.2, 0.25) is 5.88 Å². The highest BCUT2D eigenvalue weighted by Gasteiger charge is 2.12. The minimum atomic E-state index is -0.262. The lowest BCUT2D eigenvalue weighted by molar-refractivity contribution is 0.0951. The van der Waals surface area contributed by atoms with E-state index in [1.165, 1.54) is 7.11 Å². The standard InChI is InChI=1S/C15H17N3O3/c1-20-12-5-3-4-11(14(12)16)15(19)18-9-10-6-7-13(21-2)17-8-10/h3-8H,9,16H2,1-2H3,(H,18,19). The zero-order valence-electron chi connectivity index (χ0n) is 11.9. The summed E-state index contributed by atoms with van der Waals surface area (Å²) in [5, 5.41) is 2.79. The number of amides is 1. The molecule has 0 aliphatic heterocycles. The minimum absolute atomic E-state index is 0.262. The molecule has 0 spiro atoms. The van der Waals surface area contributed by atoms with Crippen molar-refractivity contribution in [1.82, 2.24) is 10.3 Å². The zero-order valence-corrected chi connectivity index (χ0v) is 11.9. The Morgan fingerprint density at radius 1 is 1.24 bits per heavy atom. The molecule has 6 nitrogen and oxygen atoms in total. The van der Waals surface area contributed by atoms with Gasteiger partial charge in [-0.1, -0.05) is 12.1 Å². The van der Waals surface area contributed by atoms with Gasteiger partial charge in [-0.25, -0.2) is 4.98 Å². The van der Waals surface area contributed by atoms with E-state index in [0.717, 1.165) is 5.56 Å². The van der Waals surface area contributed by atoms with Crippen molar-refractivity contribution in [2.45, 2.75) is 6.54 Å². The molecule has 1 aromatic heterocycles. The largest absolute Gasteiger partial charge is 0.495 e. The fraction of sp³-hybridized carbons (Fsp3) is 0.200. The Bertz CT molecular complexity index is 627. The molecule has 1 heterocycles. The molecule has 0 aliphatic carbocycles. The van der Waals surface area contributed by atoms with Gasteiger partial charge >= 0.3 is 0 Å². The molecule has 110 valence electrons. The minimum Gasteiger partial charge on any atom is -0.495 e. The van der Waals surface area contributed by atoms with Crippen molar-refractivity contribution in [2.75, 3.05) is 20.0 Å². The summed E-state index contributed by atoms with van der Waals surface area (Å²) in [6.45, 7) is 0.354. The molecule has 0 fully saturated rings. The summed E-state index contributed by atoms with van der Waals surface area (Å²) in [4.78, 5) is 16.2. The number of carbonyl (C=O) groups excluding carboxylic acids is 1. The fourth-order valence-electron chi connectivity index (χ4n) is 1.83. The first-order valence-electron chi connectivity index (χ1n) is 6.35. The van der Waals surface area contributed by atoms with Crippen molar-refractivity contribution >= 4 is 11.6 Å². The lowest BCUT2D eigenvalue weighted by Gasteiger charge is -2.10. The third-order valence-corrected chi connectivity index (χ3v) is 2.99. The van der Waals surface area contributed by atoms with Gasteiger partial charge in [0.15, 0.2) is 0 Å². The molecule has 2 rings (SSSR count). The molecule has 0 saturated heterocycles. The summed E-state index contributed by atoms with van der Waals surface area (Å²) in [6.07, 6.45) is 1.65. The molecule has 1 aromatic carbocycles. The van der Waals surface area contributed by atoms with Gasteiger partial charge in [0.05, 0.1) is 25.5 Å². The van der Waals surface area contributed by atoms with Gasteiger partial charge in [0, 0.05) is 18.8 Å². The van der Waals surface area contributed by atoms with Crippen LogP contribution in [0.5, 0.6) is 11.6 Å². The molecular formula is C15H17N3O3. The summed E-state index contributed by atoms with van der Waals surface area (Å²) >= 11 is 0. The smallest absolute Gasteiger partial charge is 0.253 e. The maximum absolute atomic E-state index is 12.1. The first-order chi connectivity index (χ1) is 10.2. The Morgan fingerprint density at radius 3 is 2.67 bits per heavy atom. The van der Waals surface area contributed by atoms with Crippen molar-refractivity contribution < 1.29 is 14.3 Å². The van der Waals surface area contributed by atoms with Crippen LogP contribution in [-0.4, -0.2) is 25.1 Å². The molecule has 0 atom stereocenters. The predicted octanol–water partition coefficient (Wildman–Crippen LogP) is 1.61. The number of methoxy groups -OCH3 is 2. The number of rotatable bonds is 5. The van der Waals surface area contributed by atoms with Crippen LogP contribution in [-0.2, 0) is 6.54 Å². The molecule has 3 N–H and O–H groups in total. The van der Waals surface area contributed by atoms with Crippen LogP contribution in [0.2, 0.25) is 0 Å². The average molecular weight is 287 g/mol. The van der Waals surface area contributed by atoms with Crippen molar-refractivity contribution in [3.05, 3.63) is 47.7 Å². The quantitative estimate of drug-likeness (QED) is 0.816. The number of benzene rings is 1. The SMILES string of the molecule is COc1ccc(CNC(=O)c2cccc(OC)c2N)cn1. The van der Waals surface area contributed by atoms with Gasteiger partial charge in [0.1, 0.15) is 5.75 Å². The number of para-hydroxylation sites is 1. The highest BCUT2D eigenvalue weighted by atomic mass is 16.5. The van der Waals surface area contributed by atoms with Gasteiger partial charge in [-0.3, -0.25) is 4.79 Å². The Morgan fingerprint density at radius 2 is 2.05 bits per heavy atom. The van der Waals surface area contributed by atoms with E-state index in [2.05, 4.69) is 10.3 Å². The maximum Gasteiger partial charge on any atom is 0.253 e. The van der Waals surface area contributed by atoms with E-state index in [1.54, 1.807) is 37.6 Å².